The van der Waals surface area contributed by atoms with Crippen LogP contribution < -0.4 is 0 Å². The smallest absolute Gasteiger partial charge is 0.302 e. The second kappa shape index (κ2) is 10.6. The van der Waals surface area contributed by atoms with E-state index in [1.54, 1.807) is 6.08 Å². The fourth-order valence-electron chi connectivity index (χ4n) is 1.57. The van der Waals surface area contributed by atoms with E-state index in [9.17, 15) is 14.4 Å². The van der Waals surface area contributed by atoms with Gasteiger partial charge in [0.1, 0.15) is 18.7 Å². The van der Waals surface area contributed by atoms with E-state index >= 15 is 0 Å². The monoisotopic (exact) mass is 290 g/mol. The average Bonchev–Trinajstić information content (AvgIpc) is 2.40. The maximum absolute atomic E-state index is 11.1. The van der Waals surface area contributed by atoms with Crippen molar-refractivity contribution in [1.82, 2.24) is 0 Å². The third-order valence-corrected chi connectivity index (χ3v) is 2.62. The lowest BCUT2D eigenvalue weighted by atomic mass is 9.97. The van der Waals surface area contributed by atoms with Crippen molar-refractivity contribution < 1.29 is 19.1 Å². The molecule has 0 amide bonds. The summed E-state index contributed by atoms with van der Waals surface area (Å²) in [5, 5.41) is 0. The molecule has 0 saturated carbocycles. The number of hydrogen-bond donors (Lipinski definition) is 0. The van der Waals surface area contributed by atoms with Crippen molar-refractivity contribution in [2.75, 3.05) is 0 Å². The molecule has 0 radical (unpaired) electrons. The van der Waals surface area contributed by atoms with Crippen molar-refractivity contribution in [3.63, 3.8) is 0 Å². The number of carbonyl (C=O) groups excluding carboxylic acids is 3. The molecule has 0 aromatic rings. The highest BCUT2D eigenvalue weighted by Gasteiger charge is 2.22. The Balaban J connectivity index is 4.90. The molecule has 0 N–H and O–H groups in total. The average molecular weight is 290 g/mol. The maximum Gasteiger partial charge on any atom is 0.302 e. The van der Waals surface area contributed by atoms with Gasteiger partial charge in [0.15, 0.2) is 0 Å². The van der Waals surface area contributed by atoms with Gasteiger partial charge >= 0.3 is 5.97 Å². The maximum atomic E-state index is 11.1. The van der Waals surface area contributed by atoms with Crippen molar-refractivity contribution in [3.05, 3.63) is 23.3 Å². The normalized spacial score (nSPS) is 13.2. The van der Waals surface area contributed by atoms with Crippen LogP contribution in [0.5, 0.6) is 0 Å². The molecular weight excluding hydrogens is 268 g/mol. The summed E-state index contributed by atoms with van der Waals surface area (Å²) in [6.45, 7) is 7.03. The minimum atomic E-state index is -0.634. The molecule has 0 saturated heterocycles. The summed E-state index contributed by atoms with van der Waals surface area (Å²) in [7, 11) is 0. The minimum Gasteiger partial charge on any atom is -0.461 e. The summed E-state index contributed by atoms with van der Waals surface area (Å²) in [4.78, 5) is 32.7. The number of hydrogen-bond acceptors (Lipinski definition) is 4. The molecule has 0 bridgehead atoms. The highest BCUT2D eigenvalue weighted by atomic mass is 16.5. The summed E-state index contributed by atoms with van der Waals surface area (Å²) in [6, 6.07) is 0. The number of rotatable bonds is 7. The molecule has 1 unspecified atom stereocenters. The highest BCUT2D eigenvalue weighted by Crippen LogP contribution is 2.15. The fourth-order valence-corrected chi connectivity index (χ4v) is 1.57. The van der Waals surface area contributed by atoms with Crippen molar-refractivity contribution >= 4 is 18.5 Å². The SMILES string of the molecule is CC(=O)O[C@@H](C/C=C(\C)C#CC=C(C)C)C(C=O)CC=O. The first-order valence-corrected chi connectivity index (χ1v) is 6.78. The van der Waals surface area contributed by atoms with Gasteiger partial charge in [-0.15, -0.1) is 0 Å². The molecule has 114 valence electrons. The lowest BCUT2D eigenvalue weighted by molar-refractivity contribution is -0.150. The van der Waals surface area contributed by atoms with Gasteiger partial charge in [0.05, 0.1) is 5.92 Å². The van der Waals surface area contributed by atoms with Crippen LogP contribution in [-0.2, 0) is 19.1 Å². The number of allylic oxidation sites excluding steroid dienone is 3. The quantitative estimate of drug-likeness (QED) is 0.411. The van der Waals surface area contributed by atoms with Crippen molar-refractivity contribution in [2.24, 2.45) is 5.92 Å². The first-order valence-electron chi connectivity index (χ1n) is 6.78. The lowest BCUT2D eigenvalue weighted by Gasteiger charge is -2.19. The van der Waals surface area contributed by atoms with Crippen LogP contribution in [0.15, 0.2) is 23.3 Å². The molecule has 0 aromatic carbocycles. The second-order valence-electron chi connectivity index (χ2n) is 4.96. The van der Waals surface area contributed by atoms with Gasteiger partial charge in [0.2, 0.25) is 0 Å². The summed E-state index contributed by atoms with van der Waals surface area (Å²) in [5.41, 5.74) is 1.93. The highest BCUT2D eigenvalue weighted by molar-refractivity contribution is 5.68. The number of carbonyl (C=O) groups is 3. The zero-order valence-electron chi connectivity index (χ0n) is 13.0. The molecular formula is C17H22O4. The molecule has 21 heavy (non-hydrogen) atoms. The van der Waals surface area contributed by atoms with Crippen molar-refractivity contribution in [2.45, 2.75) is 46.6 Å². The molecule has 4 heteroatoms. The Morgan fingerprint density at radius 1 is 1.14 bits per heavy atom. The van der Waals surface area contributed by atoms with E-state index in [4.69, 9.17) is 4.74 Å². The van der Waals surface area contributed by atoms with Crippen LogP contribution in [-0.4, -0.2) is 24.6 Å². The largest absolute Gasteiger partial charge is 0.461 e. The topological polar surface area (TPSA) is 60.4 Å². The Bertz CT molecular complexity index is 485. The van der Waals surface area contributed by atoms with Gasteiger partial charge in [-0.3, -0.25) is 4.79 Å². The minimum absolute atomic E-state index is 0.0395. The van der Waals surface area contributed by atoms with E-state index in [-0.39, 0.29) is 6.42 Å². The summed E-state index contributed by atoms with van der Waals surface area (Å²) in [6.07, 6.45) is 4.68. The van der Waals surface area contributed by atoms with Crippen LogP contribution in [0.3, 0.4) is 0 Å². The van der Waals surface area contributed by atoms with Crippen molar-refractivity contribution in [1.29, 1.82) is 0 Å². The van der Waals surface area contributed by atoms with Gasteiger partial charge in [-0.2, -0.15) is 0 Å². The van der Waals surface area contributed by atoms with E-state index in [0.717, 1.165) is 11.1 Å². The van der Waals surface area contributed by atoms with Crippen molar-refractivity contribution in [3.8, 4) is 11.8 Å². The Kier molecular flexibility index (Phi) is 9.53. The van der Waals surface area contributed by atoms with Crippen LogP contribution in [0.25, 0.3) is 0 Å². The van der Waals surface area contributed by atoms with Gasteiger partial charge in [0, 0.05) is 19.8 Å². The Morgan fingerprint density at radius 2 is 1.81 bits per heavy atom. The first-order chi connectivity index (χ1) is 9.90. The first kappa shape index (κ1) is 18.9. The van der Waals surface area contributed by atoms with Crippen LogP contribution in [0.4, 0.5) is 0 Å². The van der Waals surface area contributed by atoms with E-state index in [1.807, 2.05) is 26.8 Å². The molecule has 0 fully saturated rings. The van der Waals surface area contributed by atoms with E-state index in [0.29, 0.717) is 19.0 Å². The van der Waals surface area contributed by atoms with Gasteiger partial charge < -0.3 is 14.3 Å². The van der Waals surface area contributed by atoms with E-state index < -0.39 is 18.0 Å². The Morgan fingerprint density at radius 3 is 2.29 bits per heavy atom. The Labute approximate surface area is 126 Å². The van der Waals surface area contributed by atoms with Crippen LogP contribution in [0.2, 0.25) is 0 Å². The molecule has 0 aliphatic carbocycles. The molecule has 2 atom stereocenters. The zero-order chi connectivity index (χ0) is 16.3. The molecule has 4 nitrogen and oxygen atoms in total. The third kappa shape index (κ3) is 9.39. The van der Waals surface area contributed by atoms with Gasteiger partial charge in [-0.1, -0.05) is 23.5 Å². The summed E-state index contributed by atoms with van der Waals surface area (Å²) in [5.74, 6) is 4.75. The Hall–Kier alpha value is -2.15. The molecule has 0 aromatic heterocycles. The van der Waals surface area contributed by atoms with Gasteiger partial charge in [-0.25, -0.2) is 0 Å². The van der Waals surface area contributed by atoms with Crippen LogP contribution >= 0.6 is 0 Å². The zero-order valence-corrected chi connectivity index (χ0v) is 13.0. The van der Waals surface area contributed by atoms with Gasteiger partial charge in [0.25, 0.3) is 0 Å². The molecule has 0 aliphatic rings. The standard InChI is InChI=1S/C17H22O4/c1-13(2)6-5-7-14(3)8-9-17(21-15(4)20)16(12-19)10-11-18/h6,8,11-12,16-17H,9-10H2,1-4H3/b14-8+/t16?,17-/m0/s1. The predicted octanol–water partition coefficient (Wildman–Crippen LogP) is 2.63. The second-order valence-corrected chi connectivity index (χ2v) is 4.96. The lowest BCUT2D eigenvalue weighted by Crippen LogP contribution is -2.27. The number of aldehydes is 2. The summed E-state index contributed by atoms with van der Waals surface area (Å²) >= 11 is 0. The fraction of sp³-hybridized carbons (Fsp3) is 0.471. The van der Waals surface area contributed by atoms with Crippen LogP contribution in [0.1, 0.15) is 40.5 Å². The van der Waals surface area contributed by atoms with Crippen LogP contribution in [0, 0.1) is 17.8 Å². The number of ether oxygens (including phenoxy) is 1. The van der Waals surface area contributed by atoms with E-state index in [1.165, 1.54) is 6.92 Å². The van der Waals surface area contributed by atoms with Gasteiger partial charge in [-0.05, 0) is 32.4 Å². The third-order valence-electron chi connectivity index (χ3n) is 2.62. The summed E-state index contributed by atoms with van der Waals surface area (Å²) < 4.78 is 5.12. The number of esters is 1. The molecule has 0 spiro atoms. The van der Waals surface area contributed by atoms with E-state index in [2.05, 4.69) is 11.8 Å². The molecule has 0 heterocycles. The molecule has 0 rings (SSSR count). The predicted molar refractivity (Wildman–Crippen MR) is 81.4 cm³/mol. The molecule has 0 aliphatic heterocycles.